The van der Waals surface area contributed by atoms with E-state index in [0.717, 1.165) is 30.8 Å². The number of hydrogen-bond donors (Lipinski definition) is 3. The highest BCUT2D eigenvalue weighted by Crippen LogP contribution is 2.15. The summed E-state index contributed by atoms with van der Waals surface area (Å²) < 4.78 is 0. The Hall–Kier alpha value is -2.57. The van der Waals surface area contributed by atoms with Gasteiger partial charge >= 0.3 is 6.03 Å². The van der Waals surface area contributed by atoms with E-state index in [1.807, 2.05) is 30.2 Å². The van der Waals surface area contributed by atoms with Gasteiger partial charge in [-0.3, -0.25) is 4.79 Å². The number of nitrogens with one attached hydrogen (secondary N) is 3. The molecule has 2 rings (SSSR count). The number of aliphatic imine (C=N–C) groups is 1. The Bertz CT molecular complexity index is 633. The summed E-state index contributed by atoms with van der Waals surface area (Å²) in [4.78, 5) is 29.6. The Labute approximate surface area is 148 Å². The largest absolute Gasteiger partial charge is 0.346 e. The standard InChI is InChI=1S/C18H27N5O2/c1-4-16-7-8-19-17(16)20-10-13(2)22-18(25)21-11-15-6-5-9-23(12-15)14(3)24/h4,7-8,10,15H,5-6,9,11-12H2,1-3H3,(H,19,20)(H2,21,22,25)/b13-10+,16-4?. The molecule has 0 spiro atoms. The first-order valence-corrected chi connectivity index (χ1v) is 8.64. The minimum Gasteiger partial charge on any atom is -0.346 e. The number of allylic oxidation sites excluding steroid dienone is 2. The van der Waals surface area contributed by atoms with E-state index in [1.165, 1.54) is 0 Å². The van der Waals surface area contributed by atoms with E-state index in [1.54, 1.807) is 20.0 Å². The Kier molecular flexibility index (Phi) is 6.80. The lowest BCUT2D eigenvalue weighted by molar-refractivity contribution is -0.130. The molecule has 1 fully saturated rings. The number of rotatable bonds is 4. The molecule has 7 nitrogen and oxygen atoms in total. The summed E-state index contributed by atoms with van der Waals surface area (Å²) >= 11 is 0. The van der Waals surface area contributed by atoms with Gasteiger partial charge in [0.05, 0.1) is 0 Å². The fourth-order valence-electron chi connectivity index (χ4n) is 2.89. The fourth-order valence-corrected chi connectivity index (χ4v) is 2.89. The number of amidine groups is 1. The lowest BCUT2D eigenvalue weighted by Crippen LogP contribution is -2.44. The van der Waals surface area contributed by atoms with Gasteiger partial charge in [-0.25, -0.2) is 9.79 Å². The van der Waals surface area contributed by atoms with Gasteiger partial charge in [0.25, 0.3) is 0 Å². The van der Waals surface area contributed by atoms with Crippen molar-refractivity contribution in [2.45, 2.75) is 33.6 Å². The summed E-state index contributed by atoms with van der Waals surface area (Å²) in [6.45, 7) is 7.42. The van der Waals surface area contributed by atoms with Gasteiger partial charge in [-0.05, 0) is 38.7 Å². The van der Waals surface area contributed by atoms with Crippen LogP contribution in [-0.2, 0) is 4.79 Å². The highest BCUT2D eigenvalue weighted by atomic mass is 16.2. The highest BCUT2D eigenvalue weighted by Gasteiger charge is 2.21. The summed E-state index contributed by atoms with van der Waals surface area (Å²) in [5, 5.41) is 8.68. The van der Waals surface area contributed by atoms with Crippen LogP contribution in [0.1, 0.15) is 33.6 Å². The van der Waals surface area contributed by atoms with Gasteiger partial charge in [-0.2, -0.15) is 0 Å². The maximum Gasteiger partial charge on any atom is 0.319 e. The molecule has 3 N–H and O–H groups in total. The smallest absolute Gasteiger partial charge is 0.319 e. The van der Waals surface area contributed by atoms with Crippen LogP contribution in [0, 0.1) is 5.92 Å². The fraction of sp³-hybridized carbons (Fsp3) is 0.500. The van der Waals surface area contributed by atoms with Gasteiger partial charge in [0, 0.05) is 50.2 Å². The van der Waals surface area contributed by atoms with Crippen molar-refractivity contribution >= 4 is 17.8 Å². The zero-order valence-corrected chi connectivity index (χ0v) is 15.1. The third-order valence-corrected chi connectivity index (χ3v) is 4.28. The third-order valence-electron chi connectivity index (χ3n) is 4.28. The minimum absolute atomic E-state index is 0.0996. The van der Waals surface area contributed by atoms with Crippen LogP contribution < -0.4 is 16.0 Å². The first-order valence-electron chi connectivity index (χ1n) is 8.64. The Morgan fingerprint density at radius 1 is 1.44 bits per heavy atom. The SMILES string of the molecule is CC=C1C=CNC1=N/C=C(\C)NC(=O)NCC1CCCN(C(C)=O)C1. The predicted octanol–water partition coefficient (Wildman–Crippen LogP) is 1.87. The van der Waals surface area contributed by atoms with Crippen LogP contribution in [0.5, 0.6) is 0 Å². The van der Waals surface area contributed by atoms with Crippen LogP contribution in [0.4, 0.5) is 4.79 Å². The molecule has 0 saturated carbocycles. The molecule has 7 heteroatoms. The van der Waals surface area contributed by atoms with Crippen molar-refractivity contribution in [3.63, 3.8) is 0 Å². The van der Waals surface area contributed by atoms with E-state index in [4.69, 9.17) is 0 Å². The molecule has 25 heavy (non-hydrogen) atoms. The quantitative estimate of drug-likeness (QED) is 0.727. The highest BCUT2D eigenvalue weighted by molar-refractivity contribution is 6.04. The lowest BCUT2D eigenvalue weighted by atomic mass is 9.98. The number of carbonyl (C=O) groups excluding carboxylic acids is 2. The van der Waals surface area contributed by atoms with Gasteiger partial charge in [-0.1, -0.05) is 6.08 Å². The van der Waals surface area contributed by atoms with E-state index >= 15 is 0 Å². The number of amides is 3. The Balaban J connectivity index is 1.77. The van der Waals surface area contributed by atoms with Crippen molar-refractivity contribution in [2.75, 3.05) is 19.6 Å². The van der Waals surface area contributed by atoms with Crippen LogP contribution in [0.15, 0.2) is 40.8 Å². The average molecular weight is 345 g/mol. The van der Waals surface area contributed by atoms with E-state index < -0.39 is 0 Å². The molecule has 3 amide bonds. The van der Waals surface area contributed by atoms with Gasteiger partial charge in [-0.15, -0.1) is 0 Å². The van der Waals surface area contributed by atoms with Crippen molar-refractivity contribution in [1.29, 1.82) is 0 Å². The molecule has 2 aliphatic heterocycles. The number of piperidine rings is 1. The summed E-state index contributed by atoms with van der Waals surface area (Å²) in [5.74, 6) is 1.16. The summed E-state index contributed by atoms with van der Waals surface area (Å²) in [6.07, 6.45) is 9.36. The maximum atomic E-state index is 12.0. The number of nitrogens with zero attached hydrogens (tertiary/aromatic N) is 2. The molecule has 0 radical (unpaired) electrons. The van der Waals surface area contributed by atoms with Crippen molar-refractivity contribution < 1.29 is 9.59 Å². The topological polar surface area (TPSA) is 85.8 Å². The molecule has 0 aromatic rings. The van der Waals surface area contributed by atoms with Crippen LogP contribution in [-0.4, -0.2) is 42.3 Å². The van der Waals surface area contributed by atoms with Crippen LogP contribution in [0.25, 0.3) is 0 Å². The van der Waals surface area contributed by atoms with Crippen LogP contribution >= 0.6 is 0 Å². The first kappa shape index (κ1) is 18.8. The van der Waals surface area contributed by atoms with E-state index in [0.29, 0.717) is 24.7 Å². The summed E-state index contributed by atoms with van der Waals surface area (Å²) in [5.41, 5.74) is 1.67. The molecular formula is C18H27N5O2. The molecule has 1 unspecified atom stereocenters. The number of likely N-dealkylation sites (tertiary alicyclic amines) is 1. The van der Waals surface area contributed by atoms with E-state index in [9.17, 15) is 9.59 Å². The predicted molar refractivity (Wildman–Crippen MR) is 98.7 cm³/mol. The molecule has 0 aliphatic carbocycles. The monoisotopic (exact) mass is 345 g/mol. The van der Waals surface area contributed by atoms with E-state index in [-0.39, 0.29) is 11.9 Å². The lowest BCUT2D eigenvalue weighted by Gasteiger charge is -2.32. The average Bonchev–Trinajstić information content (AvgIpc) is 3.06. The summed E-state index contributed by atoms with van der Waals surface area (Å²) in [7, 11) is 0. The Morgan fingerprint density at radius 3 is 2.96 bits per heavy atom. The molecule has 136 valence electrons. The second kappa shape index (κ2) is 9.05. The normalized spacial score (nSPS) is 23.7. The molecule has 0 bridgehead atoms. The first-order chi connectivity index (χ1) is 12.0. The van der Waals surface area contributed by atoms with Crippen molar-refractivity contribution in [3.8, 4) is 0 Å². The molecule has 1 saturated heterocycles. The van der Waals surface area contributed by atoms with Crippen molar-refractivity contribution in [2.24, 2.45) is 10.9 Å². The molecular weight excluding hydrogens is 318 g/mol. The molecule has 0 aromatic carbocycles. The molecule has 2 heterocycles. The summed E-state index contributed by atoms with van der Waals surface area (Å²) in [6, 6.07) is -0.252. The zero-order chi connectivity index (χ0) is 18.2. The zero-order valence-electron chi connectivity index (χ0n) is 15.1. The molecule has 1 atom stereocenters. The second-order valence-corrected chi connectivity index (χ2v) is 6.32. The molecule has 2 aliphatic rings. The van der Waals surface area contributed by atoms with Gasteiger partial charge in [0.15, 0.2) is 0 Å². The number of hydrogen-bond acceptors (Lipinski definition) is 3. The molecule has 0 aromatic heterocycles. The van der Waals surface area contributed by atoms with Gasteiger partial charge in [0.2, 0.25) is 5.91 Å². The number of urea groups is 1. The number of carbonyl (C=O) groups is 2. The van der Waals surface area contributed by atoms with Crippen LogP contribution in [0.3, 0.4) is 0 Å². The van der Waals surface area contributed by atoms with Gasteiger partial charge in [0.1, 0.15) is 5.84 Å². The van der Waals surface area contributed by atoms with Crippen molar-refractivity contribution in [1.82, 2.24) is 20.9 Å². The third kappa shape index (κ3) is 5.77. The maximum absolute atomic E-state index is 12.0. The minimum atomic E-state index is -0.252. The van der Waals surface area contributed by atoms with Crippen molar-refractivity contribution in [3.05, 3.63) is 35.8 Å². The second-order valence-electron chi connectivity index (χ2n) is 6.32. The Morgan fingerprint density at radius 2 is 2.24 bits per heavy atom. The van der Waals surface area contributed by atoms with Gasteiger partial charge < -0.3 is 20.9 Å². The van der Waals surface area contributed by atoms with Crippen LogP contribution in [0.2, 0.25) is 0 Å². The van der Waals surface area contributed by atoms with E-state index in [2.05, 4.69) is 20.9 Å².